The summed E-state index contributed by atoms with van der Waals surface area (Å²) in [4.78, 5) is 22.7. The molecule has 5 aromatic rings. The van der Waals surface area contributed by atoms with Gasteiger partial charge < -0.3 is 14.5 Å². The second-order valence-electron chi connectivity index (χ2n) is 12.6. The zero-order valence-corrected chi connectivity index (χ0v) is 28.1. The second kappa shape index (κ2) is 14.0. The molecular weight excluding hydrogens is 647 g/mol. The summed E-state index contributed by atoms with van der Waals surface area (Å²) in [6, 6.07) is 20.2. The topological polar surface area (TPSA) is 86.2 Å². The summed E-state index contributed by atoms with van der Waals surface area (Å²) < 4.78 is 39.6. The smallest absolute Gasteiger partial charge is 0.350 e. The number of aromatic nitrogens is 6. The highest BCUT2D eigenvalue weighted by Crippen LogP contribution is 2.43. The molecule has 0 radical (unpaired) electrons. The predicted octanol–water partition coefficient (Wildman–Crippen LogP) is 5.70. The summed E-state index contributed by atoms with van der Waals surface area (Å²) in [5.74, 6) is -0.236. The minimum absolute atomic E-state index is 0.173. The molecule has 0 N–H and O–H groups in total. The molecule has 2 aromatic heterocycles. The lowest BCUT2D eigenvalue weighted by Crippen LogP contribution is -2.46. The number of allylic oxidation sites excluding steroid dienone is 1. The van der Waals surface area contributed by atoms with Crippen LogP contribution in [-0.4, -0.2) is 67.7 Å². The van der Waals surface area contributed by atoms with Crippen molar-refractivity contribution in [3.63, 3.8) is 0 Å². The number of ether oxygens (including phenoxy) is 1. The molecule has 254 valence electrons. The fraction of sp³-hybridized carbons (Fsp3) is 0.333. The number of anilines is 2. The van der Waals surface area contributed by atoms with E-state index in [4.69, 9.17) is 4.74 Å². The van der Waals surface area contributed by atoms with Crippen LogP contribution in [0.2, 0.25) is 0 Å². The van der Waals surface area contributed by atoms with Crippen LogP contribution >= 0.6 is 11.8 Å². The van der Waals surface area contributed by atoms with Gasteiger partial charge in [-0.05, 0) is 73.9 Å². The van der Waals surface area contributed by atoms with E-state index in [0.717, 1.165) is 54.3 Å². The van der Waals surface area contributed by atoms with E-state index in [-0.39, 0.29) is 17.6 Å². The first-order valence-electron chi connectivity index (χ1n) is 16.4. The van der Waals surface area contributed by atoms with Crippen molar-refractivity contribution in [2.24, 2.45) is 5.92 Å². The molecular formula is C36H38F2N8O2S. The van der Waals surface area contributed by atoms with Gasteiger partial charge in [-0.3, -0.25) is 0 Å². The van der Waals surface area contributed by atoms with Crippen molar-refractivity contribution in [2.75, 3.05) is 48.3 Å². The van der Waals surface area contributed by atoms with Gasteiger partial charge >= 0.3 is 5.69 Å². The van der Waals surface area contributed by atoms with Crippen molar-refractivity contribution >= 4 is 23.1 Å². The highest BCUT2D eigenvalue weighted by Gasteiger charge is 2.44. The minimum atomic E-state index is -0.946. The molecule has 0 amide bonds. The van der Waals surface area contributed by atoms with E-state index in [1.165, 1.54) is 28.8 Å². The van der Waals surface area contributed by atoms with E-state index in [1.54, 1.807) is 39.7 Å². The molecule has 0 aliphatic carbocycles. The van der Waals surface area contributed by atoms with Crippen LogP contribution in [0.5, 0.6) is 0 Å². The lowest BCUT2D eigenvalue weighted by molar-refractivity contribution is -0.0202. The highest BCUT2D eigenvalue weighted by atomic mass is 32.2. The maximum absolute atomic E-state index is 15.0. The Morgan fingerprint density at radius 1 is 0.959 bits per heavy atom. The summed E-state index contributed by atoms with van der Waals surface area (Å²) in [5, 5.41) is 8.43. The van der Waals surface area contributed by atoms with Gasteiger partial charge in [0.1, 0.15) is 36.2 Å². The Kier molecular flexibility index (Phi) is 9.37. The van der Waals surface area contributed by atoms with Gasteiger partial charge in [-0.2, -0.15) is 10.2 Å². The van der Waals surface area contributed by atoms with Gasteiger partial charge in [-0.1, -0.05) is 12.1 Å². The Morgan fingerprint density at radius 3 is 2.27 bits per heavy atom. The van der Waals surface area contributed by atoms with Crippen molar-refractivity contribution in [1.82, 2.24) is 29.1 Å². The van der Waals surface area contributed by atoms with Gasteiger partial charge in [-0.15, -0.1) is 18.3 Å². The molecule has 0 bridgehead atoms. The third kappa shape index (κ3) is 6.90. The molecule has 49 heavy (non-hydrogen) atoms. The molecule has 0 saturated carbocycles. The zero-order valence-electron chi connectivity index (χ0n) is 27.2. The third-order valence-electron chi connectivity index (χ3n) is 9.40. The number of hydrogen-bond acceptors (Lipinski definition) is 8. The molecule has 0 spiro atoms. The van der Waals surface area contributed by atoms with Crippen LogP contribution in [0, 0.1) is 17.6 Å². The minimum Gasteiger partial charge on any atom is -0.368 e. The Bertz CT molecular complexity index is 1940. The number of thioether (sulfide) groups is 1. The molecule has 2 aliphatic rings. The van der Waals surface area contributed by atoms with Gasteiger partial charge in [0.05, 0.1) is 24.9 Å². The zero-order chi connectivity index (χ0) is 34.0. The second-order valence-corrected chi connectivity index (χ2v) is 13.7. The SMILES string of the molecule is C=CC(C)n1ncn(-c2ccc(N3CCN(c4ccc(SCC5COC(Cn6cncn6)(c6ccc(F)cc6F)C5)cc4)CC3)cc2)c1=O. The molecule has 2 saturated heterocycles. The number of nitrogens with zero attached hydrogens (tertiary/aromatic N) is 8. The van der Waals surface area contributed by atoms with Crippen molar-refractivity contribution in [1.29, 1.82) is 0 Å². The predicted molar refractivity (Wildman–Crippen MR) is 186 cm³/mol. The maximum atomic E-state index is 15.0. The summed E-state index contributed by atoms with van der Waals surface area (Å²) in [7, 11) is 0. The van der Waals surface area contributed by atoms with Gasteiger partial charge in [0.2, 0.25) is 0 Å². The summed E-state index contributed by atoms with van der Waals surface area (Å²) in [6.45, 7) is 9.97. The molecule has 2 fully saturated rings. The molecule has 3 atom stereocenters. The Balaban J connectivity index is 0.927. The van der Waals surface area contributed by atoms with Crippen LogP contribution in [0.15, 0.2) is 108 Å². The summed E-state index contributed by atoms with van der Waals surface area (Å²) in [6.07, 6.45) is 6.86. The van der Waals surface area contributed by atoms with E-state index >= 15 is 0 Å². The van der Waals surface area contributed by atoms with Crippen molar-refractivity contribution in [2.45, 2.75) is 36.4 Å². The first-order valence-corrected chi connectivity index (χ1v) is 17.3. The van der Waals surface area contributed by atoms with E-state index in [1.807, 2.05) is 19.1 Å². The van der Waals surface area contributed by atoms with E-state index in [0.29, 0.717) is 25.1 Å². The average molecular weight is 685 g/mol. The number of halogens is 2. The van der Waals surface area contributed by atoms with Crippen molar-refractivity contribution in [3.8, 4) is 5.69 Å². The standard InChI is InChI=1S/C36H38F2N8O2S/c1-3-26(2)46-35(47)45(25-41-46)31-7-5-29(6-8-31)42-14-16-43(17-15-42)30-9-11-32(12-10-30)49-21-27-19-36(48-20-27,22-44-24-39-23-40-44)33-13-4-28(37)18-34(33)38/h3-13,18,23-27H,1,14-17,19-22H2,2H3. The Hall–Kier alpha value is -4.75. The van der Waals surface area contributed by atoms with E-state index in [9.17, 15) is 13.6 Å². The number of benzene rings is 3. The van der Waals surface area contributed by atoms with Crippen LogP contribution in [0.3, 0.4) is 0 Å². The highest BCUT2D eigenvalue weighted by molar-refractivity contribution is 7.99. The molecule has 4 heterocycles. The van der Waals surface area contributed by atoms with Gasteiger partial charge in [0, 0.05) is 59.8 Å². The Labute approximate surface area is 287 Å². The number of piperazine rings is 1. The molecule has 3 unspecified atom stereocenters. The van der Waals surface area contributed by atoms with Crippen LogP contribution in [0.25, 0.3) is 5.69 Å². The van der Waals surface area contributed by atoms with Crippen molar-refractivity contribution < 1.29 is 13.5 Å². The average Bonchev–Trinajstić information content (AvgIpc) is 3.88. The largest absolute Gasteiger partial charge is 0.368 e. The quantitative estimate of drug-likeness (QED) is 0.129. The number of rotatable bonds is 11. The molecule has 2 aliphatic heterocycles. The van der Waals surface area contributed by atoms with Crippen molar-refractivity contribution in [3.05, 3.63) is 126 Å². The van der Waals surface area contributed by atoms with Gasteiger partial charge in [0.15, 0.2) is 0 Å². The number of hydrogen-bond donors (Lipinski definition) is 0. The fourth-order valence-corrected chi connectivity index (χ4v) is 7.64. The summed E-state index contributed by atoms with van der Waals surface area (Å²) in [5.41, 5.74) is 2.30. The van der Waals surface area contributed by atoms with Crippen LogP contribution in [0.4, 0.5) is 20.2 Å². The van der Waals surface area contributed by atoms with E-state index in [2.05, 4.69) is 68.0 Å². The van der Waals surface area contributed by atoms with Crippen LogP contribution in [-0.2, 0) is 16.9 Å². The van der Waals surface area contributed by atoms with Crippen LogP contribution in [0.1, 0.15) is 24.9 Å². The van der Waals surface area contributed by atoms with Gasteiger partial charge in [-0.25, -0.2) is 32.5 Å². The molecule has 7 rings (SSSR count). The van der Waals surface area contributed by atoms with Gasteiger partial charge in [0.25, 0.3) is 0 Å². The van der Waals surface area contributed by atoms with E-state index < -0.39 is 17.2 Å². The lowest BCUT2D eigenvalue weighted by atomic mass is 9.87. The lowest BCUT2D eigenvalue weighted by Gasteiger charge is -2.37. The maximum Gasteiger partial charge on any atom is 0.350 e. The molecule has 3 aromatic carbocycles. The molecule has 13 heteroatoms. The third-order valence-corrected chi connectivity index (χ3v) is 10.6. The monoisotopic (exact) mass is 684 g/mol. The summed E-state index contributed by atoms with van der Waals surface area (Å²) >= 11 is 1.76. The molecule has 10 nitrogen and oxygen atoms in total. The first-order chi connectivity index (χ1) is 23.8. The normalized spacial score (nSPS) is 20.1. The first kappa shape index (κ1) is 32.8. The fourth-order valence-electron chi connectivity index (χ4n) is 6.67. The van der Waals surface area contributed by atoms with Crippen LogP contribution < -0.4 is 15.5 Å². The Morgan fingerprint density at radius 2 is 1.63 bits per heavy atom.